The zero-order valence-corrected chi connectivity index (χ0v) is 14.5. The minimum absolute atomic E-state index is 0.499. The van der Waals surface area contributed by atoms with Gasteiger partial charge in [-0.1, -0.05) is 6.42 Å². The molecule has 3 atom stereocenters. The number of nitrogens with one attached hydrogen (secondary N) is 2. The van der Waals surface area contributed by atoms with Crippen molar-refractivity contribution in [2.45, 2.75) is 50.6 Å². The van der Waals surface area contributed by atoms with E-state index in [2.05, 4.69) is 27.7 Å². The molecule has 0 spiro atoms. The zero-order chi connectivity index (χ0) is 16.2. The van der Waals surface area contributed by atoms with Gasteiger partial charge in [0, 0.05) is 31.7 Å². The highest BCUT2D eigenvalue weighted by atomic mass is 16.5. The third-order valence-electron chi connectivity index (χ3n) is 5.82. The standard InChI is InChI=1S/C19H30N4O/c1-2-10-23(11-3-1)19-8-7-15(13-21-19)22-17-6-4-5-16(17)18-14-24-12-9-20-18/h7-8,13,16-18,20,22H,1-6,9-12,14H2. The number of anilines is 2. The molecule has 0 amide bonds. The molecule has 0 bridgehead atoms. The lowest BCUT2D eigenvalue weighted by molar-refractivity contribution is 0.0559. The summed E-state index contributed by atoms with van der Waals surface area (Å²) in [6, 6.07) is 5.42. The van der Waals surface area contributed by atoms with Crippen molar-refractivity contribution in [3.8, 4) is 0 Å². The molecule has 1 aliphatic carbocycles. The molecule has 4 rings (SSSR count). The third-order valence-corrected chi connectivity index (χ3v) is 5.82. The van der Waals surface area contributed by atoms with E-state index in [-0.39, 0.29) is 0 Å². The number of hydrogen-bond acceptors (Lipinski definition) is 5. The molecule has 5 nitrogen and oxygen atoms in total. The van der Waals surface area contributed by atoms with Crippen molar-refractivity contribution in [3.05, 3.63) is 18.3 Å². The molecule has 2 N–H and O–H groups in total. The van der Waals surface area contributed by atoms with Crippen molar-refractivity contribution in [1.29, 1.82) is 0 Å². The molecule has 1 aromatic rings. The second-order valence-corrected chi connectivity index (χ2v) is 7.43. The Morgan fingerprint density at radius 2 is 2.04 bits per heavy atom. The fourth-order valence-corrected chi connectivity index (χ4v) is 4.51. The van der Waals surface area contributed by atoms with Gasteiger partial charge in [0.1, 0.15) is 5.82 Å². The van der Waals surface area contributed by atoms with Crippen LogP contribution in [0.3, 0.4) is 0 Å². The fraction of sp³-hybridized carbons (Fsp3) is 0.737. The Morgan fingerprint density at radius 1 is 1.12 bits per heavy atom. The Kier molecular flexibility index (Phi) is 5.18. The molecule has 0 aromatic carbocycles. The van der Waals surface area contributed by atoms with Crippen molar-refractivity contribution < 1.29 is 4.74 Å². The van der Waals surface area contributed by atoms with E-state index in [4.69, 9.17) is 9.72 Å². The number of aromatic nitrogens is 1. The van der Waals surface area contributed by atoms with Crippen molar-refractivity contribution in [3.63, 3.8) is 0 Å². The van der Waals surface area contributed by atoms with Crippen LogP contribution in [-0.2, 0) is 4.74 Å². The van der Waals surface area contributed by atoms with Crippen LogP contribution in [0.25, 0.3) is 0 Å². The molecule has 1 aromatic heterocycles. The van der Waals surface area contributed by atoms with E-state index in [1.807, 2.05) is 6.20 Å². The molecule has 3 aliphatic rings. The predicted octanol–water partition coefficient (Wildman–Crippen LogP) is 2.64. The average Bonchev–Trinajstić information content (AvgIpc) is 3.12. The topological polar surface area (TPSA) is 49.4 Å². The highest BCUT2D eigenvalue weighted by molar-refractivity contribution is 5.49. The summed E-state index contributed by atoms with van der Waals surface area (Å²) in [7, 11) is 0. The van der Waals surface area contributed by atoms with Gasteiger partial charge in [-0.15, -0.1) is 0 Å². The van der Waals surface area contributed by atoms with Crippen LogP contribution in [-0.4, -0.2) is 49.9 Å². The van der Waals surface area contributed by atoms with Crippen LogP contribution in [0, 0.1) is 5.92 Å². The summed E-state index contributed by atoms with van der Waals surface area (Å²) in [5, 5.41) is 7.38. The average molecular weight is 330 g/mol. The summed E-state index contributed by atoms with van der Waals surface area (Å²) in [6.07, 6.45) is 9.81. The van der Waals surface area contributed by atoms with E-state index in [9.17, 15) is 0 Å². The summed E-state index contributed by atoms with van der Waals surface area (Å²) in [6.45, 7) is 4.99. The number of rotatable bonds is 4. The number of pyridine rings is 1. The molecule has 132 valence electrons. The quantitative estimate of drug-likeness (QED) is 0.889. The summed E-state index contributed by atoms with van der Waals surface area (Å²) in [4.78, 5) is 7.12. The van der Waals surface area contributed by atoms with E-state index < -0.39 is 0 Å². The summed E-state index contributed by atoms with van der Waals surface area (Å²) in [5.41, 5.74) is 1.16. The number of piperidine rings is 1. The van der Waals surface area contributed by atoms with E-state index in [1.54, 1.807) is 0 Å². The maximum atomic E-state index is 5.67. The molecule has 2 saturated heterocycles. The first-order chi connectivity index (χ1) is 11.9. The van der Waals surface area contributed by atoms with Crippen molar-refractivity contribution >= 4 is 11.5 Å². The predicted molar refractivity (Wildman–Crippen MR) is 97.7 cm³/mol. The van der Waals surface area contributed by atoms with Crippen LogP contribution < -0.4 is 15.5 Å². The fourth-order valence-electron chi connectivity index (χ4n) is 4.51. The van der Waals surface area contributed by atoms with Gasteiger partial charge in [0.05, 0.1) is 25.1 Å². The lowest BCUT2D eigenvalue weighted by Gasteiger charge is -2.33. The summed E-state index contributed by atoms with van der Waals surface area (Å²) >= 11 is 0. The van der Waals surface area contributed by atoms with E-state index in [0.29, 0.717) is 18.0 Å². The van der Waals surface area contributed by atoms with Crippen LogP contribution in [0.5, 0.6) is 0 Å². The van der Waals surface area contributed by atoms with E-state index >= 15 is 0 Å². The molecule has 2 aliphatic heterocycles. The van der Waals surface area contributed by atoms with Gasteiger partial charge in [-0.2, -0.15) is 0 Å². The first kappa shape index (κ1) is 16.2. The highest BCUT2D eigenvalue weighted by Crippen LogP contribution is 2.32. The van der Waals surface area contributed by atoms with Crippen LogP contribution in [0.15, 0.2) is 18.3 Å². The molecule has 1 saturated carbocycles. The normalized spacial score (nSPS) is 31.2. The second-order valence-electron chi connectivity index (χ2n) is 7.43. The molecule has 3 unspecified atom stereocenters. The maximum Gasteiger partial charge on any atom is 0.128 e. The van der Waals surface area contributed by atoms with Crippen molar-refractivity contribution in [2.75, 3.05) is 43.1 Å². The Balaban J connectivity index is 1.37. The van der Waals surface area contributed by atoms with E-state index in [1.165, 1.54) is 38.5 Å². The molecule has 3 heterocycles. The first-order valence-electron chi connectivity index (χ1n) is 9.69. The minimum atomic E-state index is 0.499. The first-order valence-corrected chi connectivity index (χ1v) is 9.69. The molecular weight excluding hydrogens is 300 g/mol. The molecule has 0 radical (unpaired) electrons. The highest BCUT2D eigenvalue weighted by Gasteiger charge is 2.34. The van der Waals surface area contributed by atoms with Gasteiger partial charge in [-0.3, -0.25) is 0 Å². The van der Waals surface area contributed by atoms with Crippen LogP contribution in [0.1, 0.15) is 38.5 Å². The van der Waals surface area contributed by atoms with Crippen molar-refractivity contribution in [2.24, 2.45) is 5.92 Å². The monoisotopic (exact) mass is 330 g/mol. The Labute approximate surface area is 145 Å². The largest absolute Gasteiger partial charge is 0.381 e. The third kappa shape index (κ3) is 3.67. The van der Waals surface area contributed by atoms with Gasteiger partial charge in [-0.25, -0.2) is 4.98 Å². The molecule has 5 heteroatoms. The Bertz CT molecular complexity index is 509. The zero-order valence-electron chi connectivity index (χ0n) is 14.5. The lowest BCUT2D eigenvalue weighted by atomic mass is 9.94. The van der Waals surface area contributed by atoms with Gasteiger partial charge in [0.2, 0.25) is 0 Å². The Hall–Kier alpha value is -1.33. The maximum absolute atomic E-state index is 5.67. The lowest BCUT2D eigenvalue weighted by Crippen LogP contribution is -2.49. The SMILES string of the molecule is c1cc(N2CCCCC2)ncc1NC1CCCC1C1COCCN1. The minimum Gasteiger partial charge on any atom is -0.381 e. The van der Waals surface area contributed by atoms with Gasteiger partial charge in [-0.05, 0) is 50.2 Å². The van der Waals surface area contributed by atoms with Crippen LogP contribution in [0.2, 0.25) is 0 Å². The Morgan fingerprint density at radius 3 is 2.79 bits per heavy atom. The number of ether oxygens (including phenoxy) is 1. The van der Waals surface area contributed by atoms with Crippen LogP contribution >= 0.6 is 0 Å². The number of hydrogen-bond donors (Lipinski definition) is 2. The smallest absolute Gasteiger partial charge is 0.128 e. The van der Waals surface area contributed by atoms with Gasteiger partial charge in [0.15, 0.2) is 0 Å². The molecular formula is C19H30N4O. The molecule has 24 heavy (non-hydrogen) atoms. The number of morpholine rings is 1. The van der Waals surface area contributed by atoms with Crippen molar-refractivity contribution in [1.82, 2.24) is 10.3 Å². The van der Waals surface area contributed by atoms with Crippen LogP contribution in [0.4, 0.5) is 11.5 Å². The van der Waals surface area contributed by atoms with E-state index in [0.717, 1.165) is 44.4 Å². The second kappa shape index (κ2) is 7.70. The summed E-state index contributed by atoms with van der Waals surface area (Å²) in [5.74, 6) is 1.79. The van der Waals surface area contributed by atoms with Gasteiger partial charge in [0.25, 0.3) is 0 Å². The van der Waals surface area contributed by atoms with Gasteiger partial charge >= 0.3 is 0 Å². The number of nitrogens with zero attached hydrogens (tertiary/aromatic N) is 2. The molecule has 3 fully saturated rings. The summed E-state index contributed by atoms with van der Waals surface area (Å²) < 4.78 is 5.67. The van der Waals surface area contributed by atoms with Gasteiger partial charge < -0.3 is 20.3 Å².